The van der Waals surface area contributed by atoms with Crippen molar-refractivity contribution in [1.29, 1.82) is 0 Å². The SMILES string of the molecule is O=C(c1cccc2cc(O)cc(O)c12)c1cccc2cc(O)cc(O)c12. The van der Waals surface area contributed by atoms with E-state index in [0.717, 1.165) is 0 Å². The lowest BCUT2D eigenvalue weighted by molar-refractivity contribution is 0.104. The number of hydrogen-bond donors (Lipinski definition) is 4. The second-order valence-electron chi connectivity index (χ2n) is 6.07. The van der Waals surface area contributed by atoms with Crippen LogP contribution in [0.15, 0.2) is 60.7 Å². The van der Waals surface area contributed by atoms with Gasteiger partial charge in [-0.25, -0.2) is 0 Å². The Balaban J connectivity index is 2.01. The van der Waals surface area contributed by atoms with Crippen molar-refractivity contribution in [2.75, 3.05) is 0 Å². The third kappa shape index (κ3) is 2.38. The van der Waals surface area contributed by atoms with Crippen molar-refractivity contribution in [3.8, 4) is 23.0 Å². The number of benzene rings is 4. The predicted molar refractivity (Wildman–Crippen MR) is 98.0 cm³/mol. The van der Waals surface area contributed by atoms with Crippen molar-refractivity contribution in [3.05, 3.63) is 71.8 Å². The van der Waals surface area contributed by atoms with Gasteiger partial charge < -0.3 is 20.4 Å². The van der Waals surface area contributed by atoms with Gasteiger partial charge in [0.2, 0.25) is 0 Å². The lowest BCUT2D eigenvalue weighted by Crippen LogP contribution is -2.03. The number of aromatic hydroxyl groups is 4. The van der Waals surface area contributed by atoms with Gasteiger partial charge in [0, 0.05) is 34.0 Å². The van der Waals surface area contributed by atoms with E-state index in [1.54, 1.807) is 36.4 Å². The van der Waals surface area contributed by atoms with Gasteiger partial charge in [-0.15, -0.1) is 0 Å². The van der Waals surface area contributed by atoms with Crippen LogP contribution >= 0.6 is 0 Å². The first-order valence-corrected chi connectivity index (χ1v) is 7.90. The summed E-state index contributed by atoms with van der Waals surface area (Å²) in [6, 6.07) is 15.1. The highest BCUT2D eigenvalue weighted by Gasteiger charge is 2.19. The largest absolute Gasteiger partial charge is 0.508 e. The molecule has 0 saturated carbocycles. The zero-order valence-electron chi connectivity index (χ0n) is 13.5. The number of hydrogen-bond acceptors (Lipinski definition) is 5. The first-order chi connectivity index (χ1) is 12.5. The number of ketones is 1. The highest BCUT2D eigenvalue weighted by atomic mass is 16.3. The molecular formula is C21H14O5. The minimum Gasteiger partial charge on any atom is -0.508 e. The molecule has 0 bridgehead atoms. The van der Waals surface area contributed by atoms with Crippen molar-refractivity contribution in [2.45, 2.75) is 0 Å². The van der Waals surface area contributed by atoms with Crippen LogP contribution in [0, 0.1) is 0 Å². The number of fused-ring (bicyclic) bond motifs is 2. The summed E-state index contributed by atoms with van der Waals surface area (Å²) in [5.41, 5.74) is 0.500. The fourth-order valence-electron chi connectivity index (χ4n) is 3.30. The molecule has 0 amide bonds. The van der Waals surface area contributed by atoms with Gasteiger partial charge in [0.1, 0.15) is 23.0 Å². The van der Waals surface area contributed by atoms with Gasteiger partial charge in [0.15, 0.2) is 5.78 Å². The van der Waals surface area contributed by atoms with Crippen LogP contribution in [0.3, 0.4) is 0 Å². The quantitative estimate of drug-likeness (QED) is 0.411. The summed E-state index contributed by atoms with van der Waals surface area (Å²) >= 11 is 0. The molecule has 0 spiro atoms. The van der Waals surface area contributed by atoms with Gasteiger partial charge >= 0.3 is 0 Å². The number of carbonyl (C=O) groups is 1. The fraction of sp³-hybridized carbons (Fsp3) is 0. The van der Waals surface area contributed by atoms with Crippen molar-refractivity contribution < 1.29 is 25.2 Å². The van der Waals surface area contributed by atoms with Crippen LogP contribution < -0.4 is 0 Å². The molecule has 4 rings (SSSR count). The van der Waals surface area contributed by atoms with Gasteiger partial charge in [-0.2, -0.15) is 0 Å². The Morgan fingerprint density at radius 3 is 1.46 bits per heavy atom. The minimum absolute atomic E-state index is 0.0992. The van der Waals surface area contributed by atoms with E-state index in [1.807, 2.05) is 0 Å². The van der Waals surface area contributed by atoms with E-state index in [2.05, 4.69) is 0 Å². The molecule has 0 aliphatic carbocycles. The molecule has 4 N–H and O–H groups in total. The van der Waals surface area contributed by atoms with E-state index in [1.165, 1.54) is 24.3 Å². The molecule has 0 aromatic heterocycles. The number of phenols is 4. The summed E-state index contributed by atoms with van der Waals surface area (Å²) in [4.78, 5) is 13.2. The van der Waals surface area contributed by atoms with Crippen molar-refractivity contribution in [1.82, 2.24) is 0 Å². The summed E-state index contributed by atoms with van der Waals surface area (Å²) < 4.78 is 0. The average Bonchev–Trinajstić information content (AvgIpc) is 2.59. The van der Waals surface area contributed by atoms with Gasteiger partial charge in [-0.05, 0) is 22.9 Å². The monoisotopic (exact) mass is 346 g/mol. The molecule has 0 aliphatic rings. The molecule has 0 heterocycles. The van der Waals surface area contributed by atoms with Gasteiger partial charge in [0.25, 0.3) is 0 Å². The normalized spacial score (nSPS) is 11.1. The van der Waals surface area contributed by atoms with Crippen molar-refractivity contribution in [2.24, 2.45) is 0 Å². The first kappa shape index (κ1) is 15.8. The predicted octanol–water partition coefficient (Wildman–Crippen LogP) is 4.05. The number of carbonyl (C=O) groups excluding carboxylic acids is 1. The Labute approximate surface area is 148 Å². The van der Waals surface area contributed by atoms with Gasteiger partial charge in [-0.3, -0.25) is 4.79 Å². The summed E-state index contributed by atoms with van der Waals surface area (Å²) in [5, 5.41) is 41.5. The number of rotatable bonds is 2. The van der Waals surface area contributed by atoms with Crippen LogP contribution in [0.5, 0.6) is 23.0 Å². The summed E-state index contributed by atoms with van der Waals surface area (Å²) in [6.45, 7) is 0. The molecule has 0 atom stereocenters. The van der Waals surface area contributed by atoms with Crippen molar-refractivity contribution >= 4 is 27.3 Å². The molecule has 0 fully saturated rings. The minimum atomic E-state index is -0.386. The van der Waals surface area contributed by atoms with E-state index in [9.17, 15) is 25.2 Å². The molecule has 0 radical (unpaired) electrons. The zero-order valence-corrected chi connectivity index (χ0v) is 13.5. The topological polar surface area (TPSA) is 98.0 Å². The smallest absolute Gasteiger partial charge is 0.194 e. The Morgan fingerprint density at radius 1 is 0.615 bits per heavy atom. The van der Waals surface area contributed by atoms with Crippen molar-refractivity contribution in [3.63, 3.8) is 0 Å². The standard InChI is InChI=1S/C21H14O5/c22-13-7-11-3-1-5-15(19(11)17(24)9-13)21(26)16-6-2-4-12-8-14(23)10-18(25)20(12)16/h1-10,22-25H. The lowest BCUT2D eigenvalue weighted by atomic mass is 9.93. The van der Waals surface area contributed by atoms with E-state index in [4.69, 9.17) is 0 Å². The first-order valence-electron chi connectivity index (χ1n) is 7.90. The lowest BCUT2D eigenvalue weighted by Gasteiger charge is -2.11. The summed E-state index contributed by atoms with van der Waals surface area (Å²) in [6.07, 6.45) is 0. The molecule has 4 aromatic rings. The van der Waals surface area contributed by atoms with Gasteiger partial charge in [0.05, 0.1) is 0 Å². The molecule has 26 heavy (non-hydrogen) atoms. The van der Waals surface area contributed by atoms with Crippen LogP contribution in [0.1, 0.15) is 15.9 Å². The Kier molecular flexibility index (Phi) is 3.44. The summed E-state index contributed by atoms with van der Waals surface area (Å²) in [7, 11) is 0. The maximum absolute atomic E-state index is 13.2. The maximum Gasteiger partial charge on any atom is 0.194 e. The molecule has 5 heteroatoms. The molecule has 0 saturated heterocycles. The van der Waals surface area contributed by atoms with Crippen LogP contribution in [-0.2, 0) is 0 Å². The third-order valence-corrected chi connectivity index (χ3v) is 4.37. The molecule has 0 unspecified atom stereocenters. The second kappa shape index (κ2) is 5.67. The van der Waals surface area contributed by atoms with Crippen LogP contribution in [-0.4, -0.2) is 26.2 Å². The average molecular weight is 346 g/mol. The van der Waals surface area contributed by atoms with Crippen LogP contribution in [0.25, 0.3) is 21.5 Å². The molecular weight excluding hydrogens is 332 g/mol. The van der Waals surface area contributed by atoms with E-state index >= 15 is 0 Å². The Hall–Kier alpha value is -3.73. The Morgan fingerprint density at radius 2 is 1.04 bits per heavy atom. The third-order valence-electron chi connectivity index (χ3n) is 4.37. The second-order valence-corrected chi connectivity index (χ2v) is 6.07. The Bertz CT molecular complexity index is 1100. The zero-order chi connectivity index (χ0) is 18.4. The molecule has 128 valence electrons. The highest BCUT2D eigenvalue weighted by Crippen LogP contribution is 2.37. The summed E-state index contributed by atoms with van der Waals surface area (Å²) in [5.74, 6) is -0.990. The van der Waals surface area contributed by atoms with E-state index in [0.29, 0.717) is 21.5 Å². The fourth-order valence-corrected chi connectivity index (χ4v) is 3.30. The molecule has 5 nitrogen and oxygen atoms in total. The highest BCUT2D eigenvalue weighted by molar-refractivity contribution is 6.23. The van der Waals surface area contributed by atoms with E-state index < -0.39 is 0 Å². The molecule has 4 aromatic carbocycles. The maximum atomic E-state index is 13.2. The van der Waals surface area contributed by atoms with Crippen LogP contribution in [0.4, 0.5) is 0 Å². The van der Waals surface area contributed by atoms with Crippen LogP contribution in [0.2, 0.25) is 0 Å². The number of phenolic OH excluding ortho intramolecular Hbond substituents is 4. The van der Waals surface area contributed by atoms with Gasteiger partial charge in [-0.1, -0.05) is 36.4 Å². The molecule has 0 aliphatic heterocycles. The van der Waals surface area contributed by atoms with E-state index in [-0.39, 0.29) is 39.9 Å².